The van der Waals surface area contributed by atoms with Gasteiger partial charge in [-0.1, -0.05) is 29.8 Å². The van der Waals surface area contributed by atoms with Gasteiger partial charge >= 0.3 is 0 Å². The van der Waals surface area contributed by atoms with Crippen molar-refractivity contribution in [2.24, 2.45) is 5.73 Å². The van der Waals surface area contributed by atoms with Crippen molar-refractivity contribution >= 4 is 17.5 Å². The van der Waals surface area contributed by atoms with E-state index in [0.29, 0.717) is 19.4 Å². The lowest BCUT2D eigenvalue weighted by atomic mass is 10.0. The summed E-state index contributed by atoms with van der Waals surface area (Å²) in [4.78, 5) is 13.9. The van der Waals surface area contributed by atoms with Gasteiger partial charge in [-0.15, -0.1) is 0 Å². The predicted octanol–water partition coefficient (Wildman–Crippen LogP) is 2.22. The number of rotatable bonds is 3. The lowest BCUT2D eigenvalue weighted by molar-refractivity contribution is -0.132. The largest absolute Gasteiger partial charge is 0.341 e. The minimum atomic E-state index is 0.142. The summed E-state index contributed by atoms with van der Waals surface area (Å²) in [5.41, 5.74) is 6.92. The van der Waals surface area contributed by atoms with Gasteiger partial charge in [0.05, 0.1) is 0 Å². The first-order valence-electron chi connectivity index (χ1n) is 6.43. The lowest BCUT2D eigenvalue weighted by Gasteiger charge is -2.30. The second-order valence-electron chi connectivity index (χ2n) is 4.83. The van der Waals surface area contributed by atoms with Crippen LogP contribution in [0.3, 0.4) is 0 Å². The van der Waals surface area contributed by atoms with E-state index in [2.05, 4.69) is 0 Å². The van der Waals surface area contributed by atoms with Crippen LogP contribution in [0.2, 0.25) is 5.02 Å². The highest BCUT2D eigenvalue weighted by molar-refractivity contribution is 6.31. The minimum absolute atomic E-state index is 0.142. The number of hydrogen-bond donors (Lipinski definition) is 1. The summed E-state index contributed by atoms with van der Waals surface area (Å²) in [5.74, 6) is 0.185. The first-order valence-corrected chi connectivity index (χ1v) is 6.81. The molecule has 3 nitrogen and oxygen atoms in total. The number of carbonyl (C=O) groups excluding carboxylic acids is 1. The van der Waals surface area contributed by atoms with Gasteiger partial charge in [0.1, 0.15) is 0 Å². The third kappa shape index (κ3) is 3.47. The molecule has 2 N–H and O–H groups in total. The van der Waals surface area contributed by atoms with E-state index in [4.69, 9.17) is 17.3 Å². The summed E-state index contributed by atoms with van der Waals surface area (Å²) in [7, 11) is 0. The van der Waals surface area contributed by atoms with Gasteiger partial charge in [-0.3, -0.25) is 4.79 Å². The Morgan fingerprint density at radius 2 is 2.22 bits per heavy atom. The van der Waals surface area contributed by atoms with E-state index >= 15 is 0 Å². The summed E-state index contributed by atoms with van der Waals surface area (Å²) >= 11 is 6.07. The molecular weight excluding hydrogens is 248 g/mol. The Bertz CT molecular complexity index is 422. The van der Waals surface area contributed by atoms with Crippen molar-refractivity contribution in [2.75, 3.05) is 13.1 Å². The zero-order chi connectivity index (χ0) is 13.0. The van der Waals surface area contributed by atoms with Gasteiger partial charge in [0.25, 0.3) is 0 Å². The molecular formula is C14H19ClN2O. The third-order valence-electron chi connectivity index (χ3n) is 3.38. The van der Waals surface area contributed by atoms with E-state index in [0.717, 1.165) is 30.0 Å². The molecule has 1 saturated heterocycles. The minimum Gasteiger partial charge on any atom is -0.341 e. The zero-order valence-corrected chi connectivity index (χ0v) is 11.2. The van der Waals surface area contributed by atoms with Crippen LogP contribution < -0.4 is 5.73 Å². The van der Waals surface area contributed by atoms with Crippen molar-refractivity contribution in [3.05, 3.63) is 34.9 Å². The van der Waals surface area contributed by atoms with Crippen LogP contribution in [0.15, 0.2) is 24.3 Å². The fourth-order valence-corrected chi connectivity index (χ4v) is 2.57. The molecule has 1 heterocycles. The summed E-state index contributed by atoms with van der Waals surface area (Å²) in [6, 6.07) is 7.82. The van der Waals surface area contributed by atoms with Gasteiger partial charge < -0.3 is 10.6 Å². The molecule has 0 unspecified atom stereocenters. The Morgan fingerprint density at radius 3 is 2.94 bits per heavy atom. The Labute approximate surface area is 113 Å². The molecule has 2 rings (SSSR count). The Morgan fingerprint density at radius 1 is 1.44 bits per heavy atom. The SMILES string of the molecule is N[C@H]1CCCN(C(=O)CCc2ccccc2Cl)C1. The van der Waals surface area contributed by atoms with Crippen LogP contribution in [0, 0.1) is 0 Å². The molecule has 1 aromatic carbocycles. The van der Waals surface area contributed by atoms with Crippen LogP contribution in [-0.2, 0) is 11.2 Å². The number of amides is 1. The molecule has 18 heavy (non-hydrogen) atoms. The molecule has 1 fully saturated rings. The lowest BCUT2D eigenvalue weighted by Crippen LogP contribution is -2.45. The van der Waals surface area contributed by atoms with Crippen LogP contribution in [0.4, 0.5) is 0 Å². The molecule has 0 aliphatic carbocycles. The maximum Gasteiger partial charge on any atom is 0.222 e. The quantitative estimate of drug-likeness (QED) is 0.912. The number of benzene rings is 1. The normalized spacial score (nSPS) is 19.9. The third-order valence-corrected chi connectivity index (χ3v) is 3.75. The zero-order valence-electron chi connectivity index (χ0n) is 10.4. The van der Waals surface area contributed by atoms with Gasteiger partial charge in [-0.25, -0.2) is 0 Å². The standard InChI is InChI=1S/C14H19ClN2O/c15-13-6-2-1-4-11(13)7-8-14(18)17-9-3-5-12(16)10-17/h1-2,4,6,12H,3,5,7-10,16H2/t12-/m0/s1. The molecule has 0 aromatic heterocycles. The van der Waals surface area contributed by atoms with Gasteiger partial charge in [-0.05, 0) is 30.9 Å². The van der Waals surface area contributed by atoms with E-state index < -0.39 is 0 Å². The van der Waals surface area contributed by atoms with Crippen molar-refractivity contribution in [3.8, 4) is 0 Å². The Balaban J connectivity index is 1.86. The molecule has 1 amide bonds. The first-order chi connectivity index (χ1) is 8.66. The number of nitrogens with two attached hydrogens (primary N) is 1. The maximum atomic E-state index is 12.1. The van der Waals surface area contributed by atoms with Gasteiger partial charge in [0.2, 0.25) is 5.91 Å². The monoisotopic (exact) mass is 266 g/mol. The fourth-order valence-electron chi connectivity index (χ4n) is 2.34. The highest BCUT2D eigenvalue weighted by Crippen LogP contribution is 2.17. The van der Waals surface area contributed by atoms with Crippen LogP contribution in [0.25, 0.3) is 0 Å². The molecule has 0 saturated carbocycles. The van der Waals surface area contributed by atoms with E-state index in [1.54, 1.807) is 0 Å². The van der Waals surface area contributed by atoms with Gasteiger partial charge in [0, 0.05) is 30.6 Å². The van der Waals surface area contributed by atoms with Gasteiger partial charge in [-0.2, -0.15) is 0 Å². The van der Waals surface area contributed by atoms with E-state index in [9.17, 15) is 4.79 Å². The molecule has 1 aromatic rings. The number of aryl methyl sites for hydroxylation is 1. The fraction of sp³-hybridized carbons (Fsp3) is 0.500. The molecule has 1 aliphatic rings. The topological polar surface area (TPSA) is 46.3 Å². The van der Waals surface area contributed by atoms with Crippen LogP contribution >= 0.6 is 11.6 Å². The average molecular weight is 267 g/mol. The number of halogens is 1. The maximum absolute atomic E-state index is 12.1. The molecule has 4 heteroatoms. The van der Waals surface area contributed by atoms with E-state index in [1.165, 1.54) is 0 Å². The van der Waals surface area contributed by atoms with Crippen molar-refractivity contribution in [2.45, 2.75) is 31.7 Å². The average Bonchev–Trinajstić information content (AvgIpc) is 2.37. The van der Waals surface area contributed by atoms with Crippen LogP contribution in [0.1, 0.15) is 24.8 Å². The molecule has 0 radical (unpaired) electrons. The molecule has 1 atom stereocenters. The molecule has 0 spiro atoms. The number of hydrogen-bond acceptors (Lipinski definition) is 2. The number of nitrogens with zero attached hydrogens (tertiary/aromatic N) is 1. The highest BCUT2D eigenvalue weighted by atomic mass is 35.5. The van der Waals surface area contributed by atoms with Crippen molar-refractivity contribution in [1.29, 1.82) is 0 Å². The van der Waals surface area contributed by atoms with Crippen LogP contribution in [0.5, 0.6) is 0 Å². The molecule has 1 aliphatic heterocycles. The van der Waals surface area contributed by atoms with Gasteiger partial charge in [0.15, 0.2) is 0 Å². The molecule has 0 bridgehead atoms. The number of piperidine rings is 1. The Kier molecular flexibility index (Phi) is 4.61. The highest BCUT2D eigenvalue weighted by Gasteiger charge is 2.20. The summed E-state index contributed by atoms with van der Waals surface area (Å²) in [6.45, 7) is 1.54. The summed E-state index contributed by atoms with van der Waals surface area (Å²) in [6.07, 6.45) is 3.24. The van der Waals surface area contributed by atoms with Crippen molar-refractivity contribution in [3.63, 3.8) is 0 Å². The Hall–Kier alpha value is -1.06. The van der Waals surface area contributed by atoms with Crippen LogP contribution in [-0.4, -0.2) is 29.9 Å². The number of likely N-dealkylation sites (tertiary alicyclic amines) is 1. The van der Waals surface area contributed by atoms with E-state index in [1.807, 2.05) is 29.2 Å². The summed E-state index contributed by atoms with van der Waals surface area (Å²) in [5, 5.41) is 0.737. The summed E-state index contributed by atoms with van der Waals surface area (Å²) < 4.78 is 0. The number of carbonyl (C=O) groups is 1. The first kappa shape index (κ1) is 13.4. The van der Waals surface area contributed by atoms with Crippen molar-refractivity contribution in [1.82, 2.24) is 4.90 Å². The van der Waals surface area contributed by atoms with E-state index in [-0.39, 0.29) is 11.9 Å². The predicted molar refractivity (Wildman–Crippen MR) is 73.6 cm³/mol. The molecule has 98 valence electrons. The smallest absolute Gasteiger partial charge is 0.222 e. The van der Waals surface area contributed by atoms with Crippen molar-refractivity contribution < 1.29 is 4.79 Å². The second-order valence-corrected chi connectivity index (χ2v) is 5.24. The second kappa shape index (κ2) is 6.21.